The van der Waals surface area contributed by atoms with Gasteiger partial charge in [-0.25, -0.2) is 9.64 Å². The van der Waals surface area contributed by atoms with Crippen LogP contribution in [0.3, 0.4) is 0 Å². The summed E-state index contributed by atoms with van der Waals surface area (Å²) >= 11 is 31.5. The molecule has 122 heavy (non-hydrogen) atoms. The maximum absolute atomic E-state index is 13.6. The number of aryl methyl sites for hydroxylation is 1. The van der Waals surface area contributed by atoms with E-state index in [-0.39, 0.29) is 42.0 Å². The molecule has 14 rings (SSSR count). The van der Waals surface area contributed by atoms with Gasteiger partial charge in [0.05, 0.1) is 65.7 Å². The second-order valence-electron chi connectivity index (χ2n) is 30.3. The molecule has 5 aliphatic heterocycles. The highest BCUT2D eigenvalue weighted by Crippen LogP contribution is 2.41. The van der Waals surface area contributed by atoms with Crippen molar-refractivity contribution in [3.8, 4) is 11.1 Å². The number of carboxylic acid groups (broad SMARTS) is 1. The number of aliphatic hydroxyl groups is 3. The van der Waals surface area contributed by atoms with Crippen LogP contribution in [0, 0.1) is 13.5 Å². The predicted octanol–water partition coefficient (Wildman–Crippen LogP) is 17.3. The average Bonchev–Trinajstić information content (AvgIpc) is 1.63. The standard InChI is InChI=1S/C28H27ClN4O4.C24H27BrClN3O4.C17H20ClNO5.C7H9BrN2.C7H8BrNO.C6H6BrN/c1-17(22-13-12-19(16-31-22)21-9-3-4-10-23(21)30-2)32-27(36)25(34)26(35)28(37)33-14-6-11-24(33)18-7-5-8-20(29)15-18;1-14(18-10-9-16(25)13-27-18)28-22(30)20-21(33-24(2,3)32-20)23(31)29-11-5-8-19(29)15-6-4-7-17(26)12-15;1-17(2)23-13(14(24-17)16(21)22)15(20)19-8-4-7-12(19)10-5-3-6-11(18)9-10;1-5(9)7-3-2-6(8)4-10-7;1-5(10)7-3-2-6(8)4-9-7;1-5-2-3-6(7)4-8-5/h3-5,7-10,12-13,15-17,24-26,34-35H,6,11,14H2,1H3,(H,32,36);4,6-7,9-10,12-14,19-21H,5,8,11H2,1-3H3,(H,28,30);3,5-6,9,12-14H,4,7-8H2,1-2H3,(H,21,22);2-5H,9H2,1H3;2-5,10H,1H3;2-4H,1H3/t17?,24-,25-,26-;14?,19-,20-,21-;12-,13-,14-;;;/m111.../s1. The number of hydrogen-bond donors (Lipinski definition) is 7. The number of para-hydroxylation sites is 1. The molecule has 0 aliphatic carbocycles. The minimum atomic E-state index is -1.94. The van der Waals surface area contributed by atoms with E-state index in [1.165, 1.54) is 4.90 Å². The van der Waals surface area contributed by atoms with Gasteiger partial charge in [0.1, 0.15) is 0 Å². The Kier molecular flexibility index (Phi) is 36.1. The zero-order valence-corrected chi connectivity index (χ0v) is 77.0. The van der Waals surface area contributed by atoms with Crippen molar-refractivity contribution in [3.05, 3.63) is 278 Å². The molecule has 8 N–H and O–H groups in total. The fourth-order valence-corrected chi connectivity index (χ4v) is 15.6. The zero-order chi connectivity index (χ0) is 88.9. The lowest BCUT2D eigenvalue weighted by atomic mass is 10.0. The third-order valence-corrected chi connectivity index (χ3v) is 22.6. The first-order valence-corrected chi connectivity index (χ1v) is 43.6. The predicted molar refractivity (Wildman–Crippen MR) is 477 cm³/mol. The van der Waals surface area contributed by atoms with Gasteiger partial charge in [0.15, 0.2) is 53.9 Å². The Bertz CT molecular complexity index is 5000. The van der Waals surface area contributed by atoms with Crippen molar-refractivity contribution in [2.24, 2.45) is 5.73 Å². The number of carboxylic acids is 1. The third-order valence-electron chi connectivity index (χ3n) is 20.1. The van der Waals surface area contributed by atoms with Crippen LogP contribution in [0.25, 0.3) is 16.0 Å². The first-order valence-electron chi connectivity index (χ1n) is 39.3. The zero-order valence-electron chi connectivity index (χ0n) is 68.4. The normalized spacial score (nSPS) is 20.5. The fraction of sp³-hybridized carbons (Fsp3) is 0.371. The van der Waals surface area contributed by atoms with Crippen LogP contribution in [-0.4, -0.2) is 163 Å². The Labute approximate surface area is 758 Å². The SMILES string of the molecule is CC(N)c1ccc(Br)cn1.CC(NC(=O)[C@@H]1OC(C)(C)O[C@H]1C(=O)N1CCC[C@@H]1c1cccc(Cl)c1)c1ccc(Br)cn1.CC(O)c1ccc(Br)cn1.CC1(C)O[C@@H](C(=O)O)[C@H](C(=O)N2CCC[C@@H]2c2cccc(Cl)c2)O1.Cc1ccc(Br)cn1.[C-]#[N+]c1ccccc1-c1ccc(C(C)NC(=O)[C@H](O)[C@@H](O)C(=O)N2CCC[C@@H]2c2cccc(Cl)c2)nc1. The first-order chi connectivity index (χ1) is 57.9. The van der Waals surface area contributed by atoms with E-state index in [9.17, 15) is 44.1 Å². The number of pyridine rings is 5. The number of halogens is 7. The number of amides is 5. The van der Waals surface area contributed by atoms with Crippen LogP contribution < -0.4 is 16.4 Å². The van der Waals surface area contributed by atoms with Crippen molar-refractivity contribution in [2.45, 2.75) is 191 Å². The number of benzene rings is 4. The van der Waals surface area contributed by atoms with Crippen LogP contribution in [-0.2, 0) is 47.7 Å². The lowest BCUT2D eigenvalue weighted by Crippen LogP contribution is -2.51. The monoisotopic (exact) mass is 1980 g/mol. The van der Waals surface area contributed by atoms with E-state index in [0.29, 0.717) is 63.9 Å². The Hall–Kier alpha value is -8.59. The van der Waals surface area contributed by atoms with Crippen molar-refractivity contribution < 1.29 is 68.1 Å². The molecule has 5 saturated heterocycles. The van der Waals surface area contributed by atoms with Crippen LogP contribution in [0.15, 0.2) is 207 Å². The molecule has 5 aromatic heterocycles. The molecule has 9 aromatic rings. The number of nitrogens with one attached hydrogen (secondary N) is 2. The van der Waals surface area contributed by atoms with Gasteiger partial charge in [0.25, 0.3) is 29.5 Å². The first kappa shape index (κ1) is 97.2. The van der Waals surface area contributed by atoms with E-state index in [1.807, 2.05) is 124 Å². The number of aliphatic hydroxyl groups excluding tert-OH is 3. The summed E-state index contributed by atoms with van der Waals surface area (Å²) in [6.07, 6.45) is 4.38. The van der Waals surface area contributed by atoms with Crippen molar-refractivity contribution in [1.29, 1.82) is 0 Å². The van der Waals surface area contributed by atoms with Crippen LogP contribution in [0.5, 0.6) is 0 Å². The van der Waals surface area contributed by atoms with E-state index in [2.05, 4.69) is 104 Å². The number of ether oxygens (including phenoxy) is 4. The molecule has 5 amide bonds. The Morgan fingerprint density at radius 3 is 1.31 bits per heavy atom. The van der Waals surface area contributed by atoms with Crippen LogP contribution in [0.1, 0.15) is 181 Å². The summed E-state index contributed by atoms with van der Waals surface area (Å²) in [5, 5.41) is 46.7. The summed E-state index contributed by atoms with van der Waals surface area (Å²) < 4.78 is 26.6. The number of nitrogens with zero attached hydrogens (tertiary/aromatic N) is 9. The Morgan fingerprint density at radius 2 is 0.902 bits per heavy atom. The molecule has 0 saturated carbocycles. The fourth-order valence-electron chi connectivity index (χ4n) is 14.1. The number of nitrogens with two attached hydrogens (primary N) is 1. The highest BCUT2D eigenvalue weighted by atomic mass is 79.9. The van der Waals surface area contributed by atoms with Crippen LogP contribution >= 0.6 is 98.5 Å². The lowest BCUT2D eigenvalue weighted by Gasteiger charge is -2.29. The molecule has 4 aromatic carbocycles. The number of aliphatic carboxylic acids is 1. The maximum atomic E-state index is 13.6. The minimum Gasteiger partial charge on any atom is -0.479 e. The molecule has 0 spiro atoms. The van der Waals surface area contributed by atoms with Gasteiger partial charge < -0.3 is 70.4 Å². The number of carbonyl (C=O) groups is 6. The number of aromatic nitrogens is 5. The van der Waals surface area contributed by atoms with E-state index in [4.69, 9.17) is 71.2 Å². The second-order valence-corrected chi connectivity index (χ2v) is 35.2. The molecule has 0 bridgehead atoms. The van der Waals surface area contributed by atoms with Crippen LogP contribution in [0.2, 0.25) is 15.1 Å². The number of carbonyl (C=O) groups excluding carboxylic acids is 5. The molecule has 5 aliphatic rings. The summed E-state index contributed by atoms with van der Waals surface area (Å²) in [5.74, 6) is -5.96. The van der Waals surface area contributed by atoms with Gasteiger partial charge >= 0.3 is 5.97 Å². The molecule has 10 heterocycles. The van der Waals surface area contributed by atoms with Gasteiger partial charge in [-0.05, 0) is 283 Å². The smallest absolute Gasteiger partial charge is 0.336 e. The lowest BCUT2D eigenvalue weighted by molar-refractivity contribution is -0.167. The van der Waals surface area contributed by atoms with Gasteiger partial charge in [-0.2, -0.15) is 0 Å². The highest BCUT2D eigenvalue weighted by Gasteiger charge is 2.53. The Morgan fingerprint density at radius 1 is 0.500 bits per heavy atom. The molecule has 5 fully saturated rings. The van der Waals surface area contributed by atoms with E-state index in [1.54, 1.807) is 137 Å². The Balaban J connectivity index is 0.000000181. The molecular weight excluding hydrogens is 1890 g/mol. The van der Waals surface area contributed by atoms with Gasteiger partial charge in [0, 0.05) is 95.3 Å². The summed E-state index contributed by atoms with van der Waals surface area (Å²) in [5.41, 5.74) is 14.3. The van der Waals surface area contributed by atoms with Crippen molar-refractivity contribution in [3.63, 3.8) is 0 Å². The molecule has 4 unspecified atom stereocenters. The third kappa shape index (κ3) is 27.5. The molecule has 0 radical (unpaired) electrons. The van der Waals surface area contributed by atoms with E-state index in [0.717, 1.165) is 89.2 Å². The van der Waals surface area contributed by atoms with Crippen molar-refractivity contribution in [2.75, 3.05) is 19.6 Å². The van der Waals surface area contributed by atoms with Crippen molar-refractivity contribution in [1.82, 2.24) is 50.3 Å². The molecular formula is C89H97Br4Cl3N12O14. The summed E-state index contributed by atoms with van der Waals surface area (Å²) in [7, 11) is 0. The summed E-state index contributed by atoms with van der Waals surface area (Å²) in [6, 6.07) is 46.5. The molecule has 26 nitrogen and oxygen atoms in total. The van der Waals surface area contributed by atoms with E-state index < -0.39 is 84.0 Å². The molecule has 33 heteroatoms. The summed E-state index contributed by atoms with van der Waals surface area (Å²) in [4.78, 5) is 106. The van der Waals surface area contributed by atoms with Gasteiger partial charge in [-0.3, -0.25) is 48.9 Å². The summed E-state index contributed by atoms with van der Waals surface area (Å²) in [6.45, 7) is 24.6. The number of likely N-dealkylation sites (tertiary alicyclic amines) is 3. The van der Waals surface area contributed by atoms with Gasteiger partial charge in [0.2, 0.25) is 0 Å². The average molecular weight is 1980 g/mol. The van der Waals surface area contributed by atoms with Crippen molar-refractivity contribution >= 4 is 140 Å². The quantitative estimate of drug-likeness (QED) is 0.0416. The van der Waals surface area contributed by atoms with Crippen LogP contribution in [0.4, 0.5) is 5.69 Å². The second kappa shape index (κ2) is 45.3. The van der Waals surface area contributed by atoms with Gasteiger partial charge in [-0.15, -0.1) is 0 Å². The maximum Gasteiger partial charge on any atom is 0.336 e. The largest absolute Gasteiger partial charge is 0.479 e. The topological polar surface area (TPSA) is 349 Å². The minimum absolute atomic E-state index is 0.0214. The van der Waals surface area contributed by atoms with Gasteiger partial charge in [-0.1, -0.05) is 102 Å². The van der Waals surface area contributed by atoms with E-state index >= 15 is 0 Å². The highest BCUT2D eigenvalue weighted by molar-refractivity contribution is 9.11. The molecule has 646 valence electrons. The number of hydrogen-bond acceptors (Lipinski definition) is 19. The molecule has 13 atom stereocenters. The number of rotatable bonds is 17.